The van der Waals surface area contributed by atoms with Gasteiger partial charge >= 0.3 is 0 Å². The van der Waals surface area contributed by atoms with E-state index in [1.165, 1.54) is 4.90 Å². The highest BCUT2D eigenvalue weighted by molar-refractivity contribution is 4.92. The van der Waals surface area contributed by atoms with E-state index in [4.69, 9.17) is 5.48 Å². The first-order valence-electron chi connectivity index (χ1n) is 10.0. The third-order valence-electron chi connectivity index (χ3n) is 4.87. The van der Waals surface area contributed by atoms with Crippen molar-refractivity contribution >= 4 is 0 Å². The summed E-state index contributed by atoms with van der Waals surface area (Å²) in [6.07, 6.45) is 1.20. The van der Waals surface area contributed by atoms with Crippen LogP contribution >= 0.6 is 0 Å². The van der Waals surface area contributed by atoms with Crippen molar-refractivity contribution in [3.63, 3.8) is 0 Å². The van der Waals surface area contributed by atoms with Crippen LogP contribution in [0, 0.1) is 28.6 Å². The Labute approximate surface area is 130 Å². The molecule has 3 unspecified atom stereocenters. The van der Waals surface area contributed by atoms with E-state index in [-0.39, 0.29) is 17.3 Å². The Balaban J connectivity index is 2.05. The van der Waals surface area contributed by atoms with Gasteiger partial charge in [0.1, 0.15) is 6.17 Å². The molecule has 0 N–H and O–H groups in total. The number of likely N-dealkylation sites (tertiary alicyclic amines) is 1. The van der Waals surface area contributed by atoms with Crippen LogP contribution in [0.4, 0.5) is 4.39 Å². The maximum atomic E-state index is 14.6. The fourth-order valence-corrected chi connectivity index (χ4v) is 3.40. The first kappa shape index (κ1) is 11.5. The second kappa shape index (κ2) is 5.59. The summed E-state index contributed by atoms with van der Waals surface area (Å²) in [5.74, 6) is -0.602. The van der Waals surface area contributed by atoms with Gasteiger partial charge in [0.25, 0.3) is 0 Å². The molecule has 3 atom stereocenters. The SMILES string of the molecule is [2H]C1([2H])C(C(C)(C)C)C([2H])([2H])N1CC1CCC(C(C)(C)C)C(F)C1. The Morgan fingerprint density at radius 2 is 1.65 bits per heavy atom. The van der Waals surface area contributed by atoms with Gasteiger partial charge in [-0.05, 0) is 47.8 Å². The van der Waals surface area contributed by atoms with Gasteiger partial charge in [-0.1, -0.05) is 41.5 Å². The highest BCUT2D eigenvalue weighted by atomic mass is 19.1. The summed E-state index contributed by atoms with van der Waals surface area (Å²) in [4.78, 5) is 1.34. The zero-order valence-corrected chi connectivity index (χ0v) is 14.0. The monoisotopic (exact) mass is 287 g/mol. The molecular weight excluding hydrogens is 249 g/mol. The lowest BCUT2D eigenvalue weighted by Crippen LogP contribution is -2.54. The summed E-state index contributed by atoms with van der Waals surface area (Å²) < 4.78 is 48.1. The molecule has 0 radical (unpaired) electrons. The van der Waals surface area contributed by atoms with Crippen molar-refractivity contribution < 1.29 is 9.87 Å². The van der Waals surface area contributed by atoms with E-state index in [0.29, 0.717) is 13.0 Å². The molecule has 0 aromatic rings. The van der Waals surface area contributed by atoms with Crippen molar-refractivity contribution in [2.24, 2.45) is 28.6 Å². The van der Waals surface area contributed by atoms with E-state index < -0.39 is 30.5 Å². The fourth-order valence-electron chi connectivity index (χ4n) is 3.40. The molecule has 1 saturated heterocycles. The summed E-state index contributed by atoms with van der Waals surface area (Å²) >= 11 is 0. The third-order valence-corrected chi connectivity index (χ3v) is 4.87. The predicted molar refractivity (Wildman–Crippen MR) is 84.6 cm³/mol. The van der Waals surface area contributed by atoms with Crippen LogP contribution in [0.3, 0.4) is 0 Å². The van der Waals surface area contributed by atoms with Crippen LogP contribution in [0.2, 0.25) is 0 Å². The van der Waals surface area contributed by atoms with Crippen molar-refractivity contribution in [3.05, 3.63) is 0 Å². The van der Waals surface area contributed by atoms with Gasteiger partial charge in [-0.15, -0.1) is 0 Å². The summed E-state index contributed by atoms with van der Waals surface area (Å²) in [6, 6.07) is 0. The van der Waals surface area contributed by atoms with Crippen molar-refractivity contribution in [1.82, 2.24) is 4.90 Å². The minimum atomic E-state index is -1.67. The van der Waals surface area contributed by atoms with Crippen molar-refractivity contribution in [3.8, 4) is 0 Å². The standard InChI is InChI=1S/C18H34FN/c1-17(2,3)14-11-20(12-14)10-13-7-8-15(16(19)9-13)18(4,5)6/h13-16H,7-12H2,1-6H3/i11D2,12D2. The molecule has 2 fully saturated rings. The Hall–Kier alpha value is -0.110. The first-order valence-corrected chi connectivity index (χ1v) is 8.01. The Kier molecular flexibility index (Phi) is 3.20. The van der Waals surface area contributed by atoms with E-state index in [1.54, 1.807) is 0 Å². The molecule has 2 heteroatoms. The molecule has 2 rings (SSSR count). The molecule has 2 aliphatic rings. The smallest absolute Gasteiger partial charge is 0.104 e. The quantitative estimate of drug-likeness (QED) is 0.707. The Morgan fingerprint density at radius 3 is 2.10 bits per heavy atom. The first-order chi connectivity index (χ1) is 10.6. The molecule has 118 valence electrons. The van der Waals surface area contributed by atoms with E-state index in [0.717, 1.165) is 12.8 Å². The van der Waals surface area contributed by atoms with E-state index in [1.807, 2.05) is 20.8 Å². The second-order valence-corrected chi connectivity index (χ2v) is 8.84. The molecule has 1 saturated carbocycles. The van der Waals surface area contributed by atoms with Gasteiger partial charge < -0.3 is 4.90 Å². The van der Waals surface area contributed by atoms with Crippen LogP contribution in [-0.2, 0) is 0 Å². The molecule has 20 heavy (non-hydrogen) atoms. The molecule has 0 aromatic carbocycles. The van der Waals surface area contributed by atoms with Crippen LogP contribution in [0.5, 0.6) is 0 Å². The molecule has 1 aliphatic carbocycles. The number of rotatable bonds is 2. The number of hydrogen-bond donors (Lipinski definition) is 0. The highest BCUT2D eigenvalue weighted by Crippen LogP contribution is 2.42. The maximum Gasteiger partial charge on any atom is 0.104 e. The largest absolute Gasteiger partial charge is 0.302 e. The van der Waals surface area contributed by atoms with Gasteiger partial charge in [0.15, 0.2) is 0 Å². The molecular formula is C18H34FN. The number of alkyl halides is 1. The van der Waals surface area contributed by atoms with Crippen LogP contribution in [0.1, 0.15) is 66.3 Å². The summed E-state index contributed by atoms with van der Waals surface area (Å²) in [6.45, 7) is 8.85. The number of halogens is 1. The maximum absolute atomic E-state index is 14.6. The average Bonchev–Trinajstić information content (AvgIpc) is 2.31. The van der Waals surface area contributed by atoms with Gasteiger partial charge in [-0.25, -0.2) is 4.39 Å². The van der Waals surface area contributed by atoms with Gasteiger partial charge in [0, 0.05) is 25.0 Å². The van der Waals surface area contributed by atoms with Crippen LogP contribution in [-0.4, -0.2) is 30.6 Å². The number of nitrogens with zero attached hydrogens (tertiary/aromatic N) is 1. The van der Waals surface area contributed by atoms with E-state index >= 15 is 0 Å². The molecule has 1 aliphatic heterocycles. The minimum Gasteiger partial charge on any atom is -0.302 e. The lowest BCUT2D eigenvalue weighted by Gasteiger charge is -2.48. The zero-order chi connectivity index (χ0) is 18.7. The highest BCUT2D eigenvalue weighted by Gasteiger charge is 2.40. The normalized spacial score (nSPS) is 42.0. The Morgan fingerprint density at radius 1 is 1.05 bits per heavy atom. The fraction of sp³-hybridized carbons (Fsp3) is 1.00. The predicted octanol–water partition coefficient (Wildman–Crippen LogP) is 4.76. The summed E-state index contributed by atoms with van der Waals surface area (Å²) in [7, 11) is 0. The molecule has 0 amide bonds. The van der Waals surface area contributed by atoms with Crippen molar-refractivity contribution in [2.45, 2.75) is 67.0 Å². The van der Waals surface area contributed by atoms with Crippen LogP contribution < -0.4 is 0 Å². The lowest BCUT2D eigenvalue weighted by atomic mass is 9.68. The van der Waals surface area contributed by atoms with Gasteiger partial charge in [-0.3, -0.25) is 0 Å². The van der Waals surface area contributed by atoms with Crippen LogP contribution in [0.25, 0.3) is 0 Å². The summed E-state index contributed by atoms with van der Waals surface area (Å²) in [5.41, 5.74) is -0.502. The molecule has 0 spiro atoms. The minimum absolute atomic E-state index is 0.0321. The van der Waals surface area contributed by atoms with E-state index in [9.17, 15) is 4.39 Å². The van der Waals surface area contributed by atoms with E-state index in [2.05, 4.69) is 20.8 Å². The Bertz CT molecular complexity index is 451. The average molecular weight is 287 g/mol. The van der Waals surface area contributed by atoms with Crippen LogP contribution in [0.15, 0.2) is 0 Å². The lowest BCUT2D eigenvalue weighted by molar-refractivity contribution is -0.0100. The molecule has 1 nitrogen and oxygen atoms in total. The van der Waals surface area contributed by atoms with Gasteiger partial charge in [0.2, 0.25) is 0 Å². The third kappa shape index (κ3) is 3.75. The summed E-state index contributed by atoms with van der Waals surface area (Å²) in [5, 5.41) is 0. The molecule has 0 aromatic heterocycles. The molecule has 0 bridgehead atoms. The second-order valence-electron chi connectivity index (χ2n) is 8.84. The van der Waals surface area contributed by atoms with Crippen molar-refractivity contribution in [1.29, 1.82) is 0 Å². The van der Waals surface area contributed by atoms with Crippen molar-refractivity contribution in [2.75, 3.05) is 19.5 Å². The van der Waals surface area contributed by atoms with Gasteiger partial charge in [-0.2, -0.15) is 0 Å². The zero-order valence-electron chi connectivity index (χ0n) is 18.0. The molecule has 1 heterocycles. The number of hydrogen-bond acceptors (Lipinski definition) is 1. The van der Waals surface area contributed by atoms with Gasteiger partial charge in [0.05, 0.1) is 0 Å². The topological polar surface area (TPSA) is 3.24 Å².